The summed E-state index contributed by atoms with van der Waals surface area (Å²) >= 11 is 0. The van der Waals surface area contributed by atoms with Gasteiger partial charge in [-0.1, -0.05) is 30.3 Å². The molecule has 0 aliphatic carbocycles. The number of anilines is 1. The van der Waals surface area contributed by atoms with Crippen LogP contribution >= 0.6 is 0 Å². The summed E-state index contributed by atoms with van der Waals surface area (Å²) in [6.45, 7) is 3.59. The predicted octanol–water partition coefficient (Wildman–Crippen LogP) is 4.17. The van der Waals surface area contributed by atoms with Crippen LogP contribution in [0.5, 0.6) is 5.75 Å². The van der Waals surface area contributed by atoms with Gasteiger partial charge in [-0.3, -0.25) is 4.72 Å². The highest BCUT2D eigenvalue weighted by molar-refractivity contribution is 7.92. The van der Waals surface area contributed by atoms with Gasteiger partial charge in [-0.05, 0) is 60.9 Å². The Morgan fingerprint density at radius 3 is 2.35 bits per heavy atom. The molecule has 5 nitrogen and oxygen atoms in total. The molecule has 0 amide bonds. The van der Waals surface area contributed by atoms with Crippen LogP contribution in [0.25, 0.3) is 11.1 Å². The molecule has 134 valence electrons. The summed E-state index contributed by atoms with van der Waals surface area (Å²) < 4.78 is 33.2. The normalized spacial score (nSPS) is 11.2. The Morgan fingerprint density at radius 1 is 0.923 bits per heavy atom. The second-order valence-electron chi connectivity index (χ2n) is 5.98. The van der Waals surface area contributed by atoms with Crippen LogP contribution < -0.4 is 9.46 Å². The van der Waals surface area contributed by atoms with E-state index in [1.54, 1.807) is 38.3 Å². The minimum Gasteiger partial charge on any atom is -0.497 e. The van der Waals surface area contributed by atoms with E-state index >= 15 is 0 Å². The summed E-state index contributed by atoms with van der Waals surface area (Å²) in [7, 11) is -2.09. The van der Waals surface area contributed by atoms with Crippen LogP contribution in [-0.4, -0.2) is 20.5 Å². The average Bonchev–Trinajstić information content (AvgIpc) is 2.61. The number of nitrogens with one attached hydrogen (secondary N) is 1. The highest BCUT2D eigenvalue weighted by atomic mass is 32.2. The molecular weight excluding hydrogens is 348 g/mol. The SMILES string of the molecule is COc1cccc(-c2ccc(S(=O)(=O)Nc3cccc(C)n3)c(C)c2)c1. The predicted molar refractivity (Wildman–Crippen MR) is 103 cm³/mol. The van der Waals surface area contributed by atoms with Crippen molar-refractivity contribution in [2.45, 2.75) is 18.7 Å². The molecule has 1 N–H and O–H groups in total. The van der Waals surface area contributed by atoms with Crippen LogP contribution in [0.4, 0.5) is 5.82 Å². The molecule has 2 aromatic carbocycles. The van der Waals surface area contributed by atoms with Crippen molar-refractivity contribution < 1.29 is 13.2 Å². The summed E-state index contributed by atoms with van der Waals surface area (Å²) in [6.07, 6.45) is 0. The Labute approximate surface area is 153 Å². The van der Waals surface area contributed by atoms with E-state index in [1.807, 2.05) is 43.3 Å². The highest BCUT2D eigenvalue weighted by Gasteiger charge is 2.18. The maximum atomic E-state index is 12.7. The third-order valence-corrected chi connectivity index (χ3v) is 5.51. The van der Waals surface area contributed by atoms with Crippen LogP contribution in [-0.2, 0) is 10.0 Å². The molecule has 0 aliphatic rings. The number of sulfonamides is 1. The second-order valence-corrected chi connectivity index (χ2v) is 7.63. The summed E-state index contributed by atoms with van der Waals surface area (Å²) in [5.41, 5.74) is 3.29. The van der Waals surface area contributed by atoms with Gasteiger partial charge in [-0.25, -0.2) is 13.4 Å². The van der Waals surface area contributed by atoms with Gasteiger partial charge in [-0.2, -0.15) is 0 Å². The molecule has 3 rings (SSSR count). The molecule has 0 bridgehead atoms. The fourth-order valence-electron chi connectivity index (χ4n) is 2.73. The summed E-state index contributed by atoms with van der Waals surface area (Å²) in [5.74, 6) is 1.06. The number of methoxy groups -OCH3 is 1. The topological polar surface area (TPSA) is 68.3 Å². The maximum Gasteiger partial charge on any atom is 0.263 e. The Hall–Kier alpha value is -2.86. The lowest BCUT2D eigenvalue weighted by Gasteiger charge is -2.12. The van der Waals surface area contributed by atoms with E-state index in [1.165, 1.54) is 0 Å². The van der Waals surface area contributed by atoms with Gasteiger partial charge in [0, 0.05) is 5.69 Å². The van der Waals surface area contributed by atoms with E-state index < -0.39 is 10.0 Å². The fourth-order valence-corrected chi connectivity index (χ4v) is 3.95. The minimum atomic E-state index is -3.71. The van der Waals surface area contributed by atoms with Gasteiger partial charge in [0.05, 0.1) is 12.0 Å². The van der Waals surface area contributed by atoms with Crippen LogP contribution in [0.15, 0.2) is 65.6 Å². The number of ether oxygens (including phenoxy) is 1. The Bertz CT molecular complexity index is 1050. The number of aromatic nitrogens is 1. The van der Waals surface area contributed by atoms with Gasteiger partial charge in [0.15, 0.2) is 0 Å². The first-order valence-electron chi connectivity index (χ1n) is 8.10. The Kier molecular flexibility index (Phi) is 4.95. The summed E-state index contributed by atoms with van der Waals surface area (Å²) in [5, 5.41) is 0. The quantitative estimate of drug-likeness (QED) is 0.734. The van der Waals surface area contributed by atoms with Crippen LogP contribution in [0.3, 0.4) is 0 Å². The molecule has 26 heavy (non-hydrogen) atoms. The minimum absolute atomic E-state index is 0.229. The Morgan fingerprint density at radius 2 is 1.65 bits per heavy atom. The number of aryl methyl sites for hydroxylation is 2. The van der Waals surface area contributed by atoms with Crippen molar-refractivity contribution in [3.05, 3.63) is 71.9 Å². The molecule has 1 aromatic heterocycles. The molecule has 0 atom stereocenters. The zero-order valence-corrected chi connectivity index (χ0v) is 15.7. The van der Waals surface area contributed by atoms with E-state index in [4.69, 9.17) is 4.74 Å². The lowest BCUT2D eigenvalue weighted by molar-refractivity contribution is 0.415. The van der Waals surface area contributed by atoms with Gasteiger partial charge in [0.25, 0.3) is 10.0 Å². The van der Waals surface area contributed by atoms with Crippen molar-refractivity contribution in [2.75, 3.05) is 11.8 Å². The molecule has 3 aromatic rings. The molecule has 0 spiro atoms. The first kappa shape index (κ1) is 17.9. The van der Waals surface area contributed by atoms with Crippen molar-refractivity contribution in [1.82, 2.24) is 4.98 Å². The van der Waals surface area contributed by atoms with E-state index in [-0.39, 0.29) is 4.90 Å². The van der Waals surface area contributed by atoms with Gasteiger partial charge in [0.1, 0.15) is 11.6 Å². The fraction of sp³-hybridized carbons (Fsp3) is 0.150. The summed E-state index contributed by atoms with van der Waals surface area (Å²) in [6, 6.07) is 18.1. The molecule has 0 unspecified atom stereocenters. The van der Waals surface area contributed by atoms with Crippen molar-refractivity contribution >= 4 is 15.8 Å². The largest absolute Gasteiger partial charge is 0.497 e. The molecule has 0 fully saturated rings. The van der Waals surface area contributed by atoms with E-state index in [0.717, 1.165) is 22.6 Å². The van der Waals surface area contributed by atoms with Crippen LogP contribution in [0.1, 0.15) is 11.3 Å². The molecule has 0 radical (unpaired) electrons. The third-order valence-electron chi connectivity index (χ3n) is 3.99. The van der Waals surface area contributed by atoms with Gasteiger partial charge < -0.3 is 4.74 Å². The number of rotatable bonds is 5. The van der Waals surface area contributed by atoms with E-state index in [0.29, 0.717) is 11.4 Å². The Balaban J connectivity index is 1.93. The number of pyridine rings is 1. The van der Waals surface area contributed by atoms with Crippen LogP contribution in [0, 0.1) is 13.8 Å². The average molecular weight is 368 g/mol. The molecule has 0 saturated heterocycles. The second kappa shape index (κ2) is 7.17. The molecule has 0 saturated carbocycles. The van der Waals surface area contributed by atoms with Gasteiger partial charge in [0.2, 0.25) is 0 Å². The number of benzene rings is 2. The maximum absolute atomic E-state index is 12.7. The zero-order valence-electron chi connectivity index (χ0n) is 14.9. The third kappa shape index (κ3) is 3.86. The lowest BCUT2D eigenvalue weighted by atomic mass is 10.0. The monoisotopic (exact) mass is 368 g/mol. The number of hydrogen-bond acceptors (Lipinski definition) is 4. The van der Waals surface area contributed by atoms with Gasteiger partial charge in [-0.15, -0.1) is 0 Å². The van der Waals surface area contributed by atoms with E-state index in [9.17, 15) is 8.42 Å². The molecule has 0 aliphatic heterocycles. The molecule has 1 heterocycles. The molecule has 6 heteroatoms. The number of hydrogen-bond donors (Lipinski definition) is 1. The van der Waals surface area contributed by atoms with Crippen molar-refractivity contribution in [3.8, 4) is 16.9 Å². The van der Waals surface area contributed by atoms with Crippen LogP contribution in [0.2, 0.25) is 0 Å². The van der Waals surface area contributed by atoms with E-state index in [2.05, 4.69) is 9.71 Å². The summed E-state index contributed by atoms with van der Waals surface area (Å²) in [4.78, 5) is 4.42. The smallest absolute Gasteiger partial charge is 0.263 e. The van der Waals surface area contributed by atoms with Crippen molar-refractivity contribution in [2.24, 2.45) is 0 Å². The lowest BCUT2D eigenvalue weighted by Crippen LogP contribution is -2.15. The highest BCUT2D eigenvalue weighted by Crippen LogP contribution is 2.28. The first-order valence-corrected chi connectivity index (χ1v) is 9.59. The number of nitrogens with zero attached hydrogens (tertiary/aromatic N) is 1. The standard InChI is InChI=1S/C20H20N2O3S/c1-14-12-17(16-7-5-8-18(13-16)25-3)10-11-19(14)26(23,24)22-20-9-4-6-15(2)21-20/h4-13H,1-3H3,(H,21,22). The first-order chi connectivity index (χ1) is 12.4. The van der Waals surface area contributed by atoms with Crippen molar-refractivity contribution in [3.63, 3.8) is 0 Å². The zero-order chi connectivity index (χ0) is 18.7. The van der Waals surface area contributed by atoms with Gasteiger partial charge >= 0.3 is 0 Å². The van der Waals surface area contributed by atoms with Crippen molar-refractivity contribution in [1.29, 1.82) is 0 Å². The molecular formula is C20H20N2O3S.